The van der Waals surface area contributed by atoms with Crippen LogP contribution in [0, 0.1) is 0 Å². The van der Waals surface area contributed by atoms with Gasteiger partial charge < -0.3 is 14.1 Å². The first kappa shape index (κ1) is 20.4. The van der Waals surface area contributed by atoms with Crippen LogP contribution in [0.3, 0.4) is 0 Å². The molecule has 0 bridgehead atoms. The number of halogens is 2. The van der Waals surface area contributed by atoms with E-state index in [1.165, 1.54) is 12.3 Å². The van der Waals surface area contributed by atoms with Crippen molar-refractivity contribution in [1.82, 2.24) is 9.55 Å². The summed E-state index contributed by atoms with van der Waals surface area (Å²) in [6, 6.07) is 21.6. The van der Waals surface area contributed by atoms with Crippen molar-refractivity contribution in [3.63, 3.8) is 0 Å². The number of carbonyl (C=O) groups is 1. The van der Waals surface area contributed by atoms with Crippen molar-refractivity contribution in [1.29, 1.82) is 0 Å². The summed E-state index contributed by atoms with van der Waals surface area (Å²) in [5.74, 6) is -0.00987. The highest BCUT2D eigenvalue weighted by atomic mass is 35.5. The third kappa shape index (κ3) is 3.66. The zero-order chi connectivity index (χ0) is 22.2. The Balaban J connectivity index is 1.60. The molecule has 0 atom stereocenters. The maximum absolute atomic E-state index is 13.4. The molecule has 0 amide bonds. The summed E-state index contributed by atoms with van der Waals surface area (Å²) in [6.45, 7) is 0.422. The van der Waals surface area contributed by atoms with Gasteiger partial charge in [-0.3, -0.25) is 4.79 Å². The van der Waals surface area contributed by atoms with Crippen LogP contribution in [-0.4, -0.2) is 20.4 Å². The van der Waals surface area contributed by atoms with Gasteiger partial charge in [-0.15, -0.1) is 0 Å². The molecule has 3 aromatic carbocycles. The molecule has 2 heterocycles. The van der Waals surface area contributed by atoms with Gasteiger partial charge in [0.25, 0.3) is 11.7 Å². The van der Waals surface area contributed by atoms with E-state index in [-0.39, 0.29) is 22.4 Å². The summed E-state index contributed by atoms with van der Waals surface area (Å²) in [7, 11) is 0. The van der Waals surface area contributed by atoms with Crippen LogP contribution in [0.1, 0.15) is 21.8 Å². The van der Waals surface area contributed by atoms with Gasteiger partial charge in [-0.05, 0) is 35.9 Å². The predicted molar refractivity (Wildman–Crippen MR) is 125 cm³/mol. The number of ketones is 1. The van der Waals surface area contributed by atoms with Crippen molar-refractivity contribution >= 4 is 39.9 Å². The van der Waals surface area contributed by atoms with Crippen molar-refractivity contribution < 1.29 is 14.3 Å². The van der Waals surface area contributed by atoms with Crippen molar-refractivity contribution in [3.05, 3.63) is 106 Å². The molecule has 0 aliphatic carbocycles. The van der Waals surface area contributed by atoms with E-state index in [0.717, 1.165) is 11.1 Å². The lowest BCUT2D eigenvalue weighted by molar-refractivity contribution is 0.100. The molecule has 5 rings (SSSR count). The number of hydrogen-bond donors (Lipinski definition) is 1. The maximum atomic E-state index is 13.4. The first-order chi connectivity index (χ1) is 15.5. The second-order valence-corrected chi connectivity index (χ2v) is 8.10. The van der Waals surface area contributed by atoms with Gasteiger partial charge in [0.05, 0.1) is 17.3 Å². The fourth-order valence-corrected chi connectivity index (χ4v) is 4.14. The molecule has 5 nitrogen and oxygen atoms in total. The number of hydrogen-bond acceptors (Lipinski definition) is 4. The number of aromatic hydroxyl groups is 1. The van der Waals surface area contributed by atoms with Crippen molar-refractivity contribution in [3.8, 4) is 17.1 Å². The molecule has 0 radical (unpaired) electrons. The third-order valence-electron chi connectivity index (χ3n) is 5.22. The average molecular weight is 463 g/mol. The summed E-state index contributed by atoms with van der Waals surface area (Å²) >= 11 is 12.7. The number of rotatable bonds is 5. The molecule has 0 spiro atoms. The molecule has 0 unspecified atom stereocenters. The van der Waals surface area contributed by atoms with Crippen LogP contribution in [0.15, 0.2) is 83.4 Å². The van der Waals surface area contributed by atoms with E-state index in [9.17, 15) is 9.90 Å². The molecule has 2 aromatic heterocycles. The molecule has 1 N–H and O–H groups in total. The normalized spacial score (nSPS) is 11.2. The van der Waals surface area contributed by atoms with Crippen LogP contribution >= 0.6 is 23.2 Å². The second-order valence-electron chi connectivity index (χ2n) is 7.30. The number of phenols is 1. The van der Waals surface area contributed by atoms with Gasteiger partial charge in [-0.1, -0.05) is 65.7 Å². The molecule has 7 heteroatoms. The minimum Gasteiger partial charge on any atom is -0.508 e. The zero-order valence-corrected chi connectivity index (χ0v) is 18.1. The standard InChI is InChI=1S/C25H16Cl2N2O3/c26-17-8-6-15(7-9-17)14-29-20-11-10-18(30)12-19(20)22(24(29)27)23(31)25-28-13-21(32-25)16-4-2-1-3-5-16/h1-13,30H,14H2. The van der Waals surface area contributed by atoms with E-state index in [0.29, 0.717) is 28.2 Å². The van der Waals surface area contributed by atoms with Crippen LogP contribution in [0.25, 0.3) is 22.2 Å². The van der Waals surface area contributed by atoms with E-state index in [4.69, 9.17) is 27.6 Å². The monoisotopic (exact) mass is 462 g/mol. The summed E-state index contributed by atoms with van der Waals surface area (Å²) in [5, 5.41) is 11.5. The topological polar surface area (TPSA) is 68.3 Å². The molecule has 5 aromatic rings. The van der Waals surface area contributed by atoms with Crippen LogP contribution in [0.2, 0.25) is 10.2 Å². The Labute approximate surface area is 193 Å². The van der Waals surface area contributed by atoms with Gasteiger partial charge in [-0.25, -0.2) is 4.98 Å². The lowest BCUT2D eigenvalue weighted by Gasteiger charge is -2.08. The number of fused-ring (bicyclic) bond motifs is 1. The highest BCUT2D eigenvalue weighted by Crippen LogP contribution is 2.35. The minimum absolute atomic E-state index is 0.0317. The van der Waals surface area contributed by atoms with Crippen LogP contribution in [-0.2, 0) is 6.54 Å². The van der Waals surface area contributed by atoms with Crippen molar-refractivity contribution in [2.24, 2.45) is 0 Å². The first-order valence-corrected chi connectivity index (χ1v) is 10.6. The van der Waals surface area contributed by atoms with E-state index in [2.05, 4.69) is 4.98 Å². The van der Waals surface area contributed by atoms with Crippen LogP contribution in [0.5, 0.6) is 5.75 Å². The predicted octanol–water partition coefficient (Wildman–Crippen LogP) is 6.59. The average Bonchev–Trinajstić information content (AvgIpc) is 3.39. The van der Waals surface area contributed by atoms with Crippen LogP contribution in [0.4, 0.5) is 0 Å². The van der Waals surface area contributed by atoms with Gasteiger partial charge in [0, 0.05) is 22.5 Å². The van der Waals surface area contributed by atoms with E-state index >= 15 is 0 Å². The lowest BCUT2D eigenvalue weighted by Crippen LogP contribution is -2.04. The smallest absolute Gasteiger partial charge is 0.268 e. The van der Waals surface area contributed by atoms with E-state index in [1.807, 2.05) is 47.0 Å². The van der Waals surface area contributed by atoms with E-state index < -0.39 is 5.78 Å². The Morgan fingerprint density at radius 2 is 1.75 bits per heavy atom. The lowest BCUT2D eigenvalue weighted by atomic mass is 10.1. The number of benzene rings is 3. The molecule has 0 saturated heterocycles. The zero-order valence-electron chi connectivity index (χ0n) is 16.6. The van der Waals surface area contributed by atoms with Gasteiger partial charge in [0.15, 0.2) is 5.76 Å². The molecule has 0 aliphatic heterocycles. The number of phenolic OH excluding ortho intramolecular Hbond substituents is 1. The maximum Gasteiger partial charge on any atom is 0.268 e. The fourth-order valence-electron chi connectivity index (χ4n) is 3.68. The van der Waals surface area contributed by atoms with Crippen molar-refractivity contribution in [2.75, 3.05) is 0 Å². The first-order valence-electron chi connectivity index (χ1n) is 9.82. The number of nitrogens with zero attached hydrogens (tertiary/aromatic N) is 2. The molecule has 0 aliphatic rings. The molecule has 158 valence electrons. The SMILES string of the molecule is O=C(c1ncc(-c2ccccc2)o1)c1c(Cl)n(Cc2ccc(Cl)cc2)c2ccc(O)cc12. The third-order valence-corrected chi connectivity index (χ3v) is 5.87. The van der Waals surface area contributed by atoms with Gasteiger partial charge >= 0.3 is 0 Å². The summed E-state index contributed by atoms with van der Waals surface area (Å²) in [5.41, 5.74) is 2.71. The molecular formula is C25H16Cl2N2O3. The van der Waals surface area contributed by atoms with Gasteiger partial charge in [0.2, 0.25) is 0 Å². The largest absolute Gasteiger partial charge is 0.508 e. The summed E-state index contributed by atoms with van der Waals surface area (Å²) in [6.07, 6.45) is 1.51. The Kier molecular flexibility index (Phi) is 5.21. The summed E-state index contributed by atoms with van der Waals surface area (Å²) in [4.78, 5) is 17.6. The Hall–Kier alpha value is -3.54. The quantitative estimate of drug-likeness (QED) is 0.299. The highest BCUT2D eigenvalue weighted by Gasteiger charge is 2.26. The second kappa shape index (κ2) is 8.19. The highest BCUT2D eigenvalue weighted by molar-refractivity contribution is 6.36. The Bertz CT molecular complexity index is 1440. The minimum atomic E-state index is -0.456. The number of carbonyl (C=O) groups excluding carboxylic acids is 1. The molecule has 0 fully saturated rings. The Morgan fingerprint density at radius 3 is 2.50 bits per heavy atom. The van der Waals surface area contributed by atoms with Gasteiger partial charge in [0.1, 0.15) is 10.9 Å². The molecule has 0 saturated carbocycles. The van der Waals surface area contributed by atoms with Crippen LogP contribution < -0.4 is 0 Å². The van der Waals surface area contributed by atoms with Crippen molar-refractivity contribution in [2.45, 2.75) is 6.54 Å². The fraction of sp³-hybridized carbons (Fsp3) is 0.0400. The number of aromatic nitrogens is 2. The van der Waals surface area contributed by atoms with Gasteiger partial charge in [-0.2, -0.15) is 0 Å². The summed E-state index contributed by atoms with van der Waals surface area (Å²) < 4.78 is 7.57. The molecule has 32 heavy (non-hydrogen) atoms. The number of oxazole rings is 1. The van der Waals surface area contributed by atoms with E-state index in [1.54, 1.807) is 24.3 Å². The molecular weight excluding hydrogens is 447 g/mol. The Morgan fingerprint density at radius 1 is 1.00 bits per heavy atom.